The zero-order chi connectivity index (χ0) is 23.6. The van der Waals surface area contributed by atoms with E-state index in [1.165, 1.54) is 12.1 Å². The number of nitrogens with zero attached hydrogens (tertiary/aromatic N) is 2. The Balaban J connectivity index is 1.41. The number of carbonyl (C=O) groups excluding carboxylic acids is 1. The third kappa shape index (κ3) is 5.35. The predicted octanol–water partition coefficient (Wildman–Crippen LogP) is 6.53. The van der Waals surface area contributed by atoms with Crippen LogP contribution in [-0.4, -0.2) is 16.0 Å². The average Bonchev–Trinajstić information content (AvgIpc) is 2.75. The lowest BCUT2D eigenvalue weighted by Gasteiger charge is -2.11. The van der Waals surface area contributed by atoms with E-state index in [-0.39, 0.29) is 17.1 Å². The molecule has 1 heterocycles. The zero-order valence-electron chi connectivity index (χ0n) is 17.1. The standard InChI is InChI=1S/C23H16F4N4O2/c1-13-12-28-19-8-7-17(11-20(19)29-13)33-21-9-6-16(10-18(21)24)31-22(32)30-15-4-2-14(3-5-15)23(25,26)27/h2-12H,1H3,(H2,30,31,32). The second kappa shape index (κ2) is 8.73. The maximum Gasteiger partial charge on any atom is 0.416 e. The Morgan fingerprint density at radius 3 is 2.30 bits per heavy atom. The van der Waals surface area contributed by atoms with Crippen LogP contribution in [0.25, 0.3) is 11.0 Å². The number of nitrogens with one attached hydrogen (secondary N) is 2. The minimum atomic E-state index is -4.47. The molecule has 2 N–H and O–H groups in total. The normalized spacial score (nSPS) is 11.3. The first-order chi connectivity index (χ1) is 15.7. The number of aryl methyl sites for hydroxylation is 1. The summed E-state index contributed by atoms with van der Waals surface area (Å²) in [6, 6.07) is 12.0. The van der Waals surface area contributed by atoms with Gasteiger partial charge in [0.05, 0.1) is 22.3 Å². The molecule has 0 aliphatic heterocycles. The zero-order valence-corrected chi connectivity index (χ0v) is 17.1. The summed E-state index contributed by atoms with van der Waals surface area (Å²) in [5.41, 5.74) is 1.45. The molecule has 0 saturated carbocycles. The third-order valence-electron chi connectivity index (χ3n) is 4.52. The van der Waals surface area contributed by atoms with E-state index in [0.717, 1.165) is 36.0 Å². The fraction of sp³-hybridized carbons (Fsp3) is 0.0870. The van der Waals surface area contributed by atoms with Crippen LogP contribution >= 0.6 is 0 Å². The summed E-state index contributed by atoms with van der Waals surface area (Å²) in [5.74, 6) is -0.427. The molecule has 0 aliphatic carbocycles. The van der Waals surface area contributed by atoms with Gasteiger partial charge in [0, 0.05) is 29.7 Å². The molecule has 0 fully saturated rings. The second-order valence-corrected chi connectivity index (χ2v) is 7.06. The Kier molecular flexibility index (Phi) is 5.82. The topological polar surface area (TPSA) is 76.1 Å². The maximum absolute atomic E-state index is 14.5. The quantitative estimate of drug-likeness (QED) is 0.342. The molecular formula is C23H16F4N4O2. The number of carbonyl (C=O) groups is 1. The van der Waals surface area contributed by atoms with Gasteiger partial charge < -0.3 is 15.4 Å². The van der Waals surface area contributed by atoms with E-state index in [9.17, 15) is 22.4 Å². The molecule has 0 spiro atoms. The van der Waals surface area contributed by atoms with Gasteiger partial charge in [-0.25, -0.2) is 14.2 Å². The van der Waals surface area contributed by atoms with Gasteiger partial charge in [0.1, 0.15) is 5.75 Å². The summed E-state index contributed by atoms with van der Waals surface area (Å²) in [4.78, 5) is 20.7. The van der Waals surface area contributed by atoms with Gasteiger partial charge in [-0.2, -0.15) is 13.2 Å². The fourth-order valence-corrected chi connectivity index (χ4v) is 2.97. The molecule has 0 radical (unpaired) electrons. The van der Waals surface area contributed by atoms with Crippen LogP contribution in [0, 0.1) is 12.7 Å². The van der Waals surface area contributed by atoms with E-state index in [1.54, 1.807) is 31.3 Å². The van der Waals surface area contributed by atoms with Crippen LogP contribution in [0.4, 0.5) is 33.7 Å². The monoisotopic (exact) mass is 456 g/mol. The van der Waals surface area contributed by atoms with Crippen molar-refractivity contribution in [1.82, 2.24) is 9.97 Å². The molecule has 0 aliphatic rings. The molecule has 0 unspecified atom stereocenters. The van der Waals surface area contributed by atoms with Gasteiger partial charge in [0.15, 0.2) is 11.6 Å². The first-order valence-electron chi connectivity index (χ1n) is 9.63. The highest BCUT2D eigenvalue weighted by Gasteiger charge is 2.30. The van der Waals surface area contributed by atoms with Crippen LogP contribution in [0.2, 0.25) is 0 Å². The highest BCUT2D eigenvalue weighted by atomic mass is 19.4. The van der Waals surface area contributed by atoms with Gasteiger partial charge in [0.2, 0.25) is 0 Å². The van der Waals surface area contributed by atoms with Crippen LogP contribution < -0.4 is 15.4 Å². The van der Waals surface area contributed by atoms with E-state index in [1.807, 2.05) is 0 Å². The Labute approximate surface area is 185 Å². The minimum Gasteiger partial charge on any atom is -0.454 e. The van der Waals surface area contributed by atoms with Gasteiger partial charge in [0.25, 0.3) is 0 Å². The van der Waals surface area contributed by atoms with Crippen molar-refractivity contribution in [2.75, 3.05) is 10.6 Å². The molecular weight excluding hydrogens is 440 g/mol. The van der Waals surface area contributed by atoms with Crippen molar-refractivity contribution in [3.05, 3.63) is 83.9 Å². The van der Waals surface area contributed by atoms with Gasteiger partial charge in [-0.1, -0.05) is 0 Å². The molecule has 4 rings (SSSR count). The predicted molar refractivity (Wildman–Crippen MR) is 115 cm³/mol. The fourth-order valence-electron chi connectivity index (χ4n) is 2.97. The molecule has 33 heavy (non-hydrogen) atoms. The molecule has 0 saturated heterocycles. The number of amides is 2. The first kappa shape index (κ1) is 22.0. The van der Waals surface area contributed by atoms with Crippen molar-refractivity contribution in [3.8, 4) is 11.5 Å². The van der Waals surface area contributed by atoms with Crippen LogP contribution in [0.1, 0.15) is 11.3 Å². The molecule has 0 bridgehead atoms. The largest absolute Gasteiger partial charge is 0.454 e. The molecule has 4 aromatic rings. The lowest BCUT2D eigenvalue weighted by Crippen LogP contribution is -2.19. The number of hydrogen-bond donors (Lipinski definition) is 2. The number of alkyl halides is 3. The summed E-state index contributed by atoms with van der Waals surface area (Å²) in [6.45, 7) is 1.80. The Morgan fingerprint density at radius 2 is 1.61 bits per heavy atom. The summed E-state index contributed by atoms with van der Waals surface area (Å²) in [6.07, 6.45) is -2.83. The Morgan fingerprint density at radius 1 is 0.909 bits per heavy atom. The number of benzene rings is 3. The number of rotatable bonds is 4. The molecule has 10 heteroatoms. The van der Waals surface area contributed by atoms with Crippen molar-refractivity contribution >= 4 is 28.4 Å². The van der Waals surface area contributed by atoms with Crippen molar-refractivity contribution in [2.45, 2.75) is 13.1 Å². The minimum absolute atomic E-state index is 0.0661. The third-order valence-corrected chi connectivity index (χ3v) is 4.52. The highest BCUT2D eigenvalue weighted by Crippen LogP contribution is 2.30. The SMILES string of the molecule is Cc1cnc2ccc(Oc3ccc(NC(=O)Nc4ccc(C(F)(F)F)cc4)cc3F)cc2n1. The van der Waals surface area contributed by atoms with E-state index < -0.39 is 23.6 Å². The van der Waals surface area contributed by atoms with Crippen LogP contribution in [-0.2, 0) is 6.18 Å². The maximum atomic E-state index is 14.5. The second-order valence-electron chi connectivity index (χ2n) is 7.06. The van der Waals surface area contributed by atoms with Crippen LogP contribution in [0.3, 0.4) is 0 Å². The van der Waals surface area contributed by atoms with Crippen LogP contribution in [0.15, 0.2) is 66.9 Å². The van der Waals surface area contributed by atoms with Gasteiger partial charge in [-0.15, -0.1) is 0 Å². The molecule has 3 aromatic carbocycles. The summed E-state index contributed by atoms with van der Waals surface area (Å²) < 4.78 is 57.9. The lowest BCUT2D eigenvalue weighted by atomic mass is 10.2. The highest BCUT2D eigenvalue weighted by molar-refractivity contribution is 5.99. The molecule has 2 amide bonds. The number of ether oxygens (including phenoxy) is 1. The number of anilines is 2. The number of halogens is 4. The van der Waals surface area contributed by atoms with E-state index >= 15 is 0 Å². The number of aromatic nitrogens is 2. The van der Waals surface area contributed by atoms with Crippen molar-refractivity contribution in [3.63, 3.8) is 0 Å². The first-order valence-corrected chi connectivity index (χ1v) is 9.63. The van der Waals surface area contributed by atoms with E-state index in [2.05, 4.69) is 20.6 Å². The van der Waals surface area contributed by atoms with E-state index in [4.69, 9.17) is 4.74 Å². The summed E-state index contributed by atoms with van der Waals surface area (Å²) in [7, 11) is 0. The Bertz CT molecular complexity index is 1320. The smallest absolute Gasteiger partial charge is 0.416 e. The number of hydrogen-bond acceptors (Lipinski definition) is 4. The van der Waals surface area contributed by atoms with Gasteiger partial charge >= 0.3 is 12.2 Å². The number of urea groups is 1. The van der Waals surface area contributed by atoms with Gasteiger partial charge in [-0.05, 0) is 55.5 Å². The summed E-state index contributed by atoms with van der Waals surface area (Å²) >= 11 is 0. The number of fused-ring (bicyclic) bond motifs is 1. The lowest BCUT2D eigenvalue weighted by molar-refractivity contribution is -0.137. The van der Waals surface area contributed by atoms with Crippen molar-refractivity contribution < 1.29 is 27.1 Å². The molecule has 6 nitrogen and oxygen atoms in total. The summed E-state index contributed by atoms with van der Waals surface area (Å²) in [5, 5.41) is 4.79. The van der Waals surface area contributed by atoms with Crippen LogP contribution in [0.5, 0.6) is 11.5 Å². The molecule has 168 valence electrons. The van der Waals surface area contributed by atoms with E-state index in [0.29, 0.717) is 16.8 Å². The van der Waals surface area contributed by atoms with Crippen molar-refractivity contribution in [2.24, 2.45) is 0 Å². The Hall–Kier alpha value is -4.21. The van der Waals surface area contributed by atoms with Gasteiger partial charge in [-0.3, -0.25) is 4.98 Å². The molecule has 1 aromatic heterocycles. The van der Waals surface area contributed by atoms with Crippen molar-refractivity contribution in [1.29, 1.82) is 0 Å². The average molecular weight is 456 g/mol. The molecule has 0 atom stereocenters.